The highest BCUT2D eigenvalue weighted by Gasteiger charge is 2.14. The molecule has 136 valence electrons. The number of hydrogen-bond acceptors (Lipinski definition) is 4. The third kappa shape index (κ3) is 6.13. The molecule has 3 rings (SSSR count). The second-order valence-corrected chi connectivity index (χ2v) is 6.47. The third-order valence-electron chi connectivity index (χ3n) is 4.00. The molecule has 6 heteroatoms. The van der Waals surface area contributed by atoms with Crippen LogP contribution in [-0.4, -0.2) is 30.6 Å². The predicted molar refractivity (Wildman–Crippen MR) is 108 cm³/mol. The van der Waals surface area contributed by atoms with E-state index in [2.05, 4.69) is 15.8 Å². The summed E-state index contributed by atoms with van der Waals surface area (Å²) < 4.78 is 11.4. The van der Waals surface area contributed by atoms with Gasteiger partial charge in [-0.1, -0.05) is 42.5 Å². The van der Waals surface area contributed by atoms with E-state index in [1.165, 1.54) is 0 Å². The van der Waals surface area contributed by atoms with E-state index in [0.29, 0.717) is 18.3 Å². The van der Waals surface area contributed by atoms with Crippen molar-refractivity contribution in [2.24, 2.45) is 5.10 Å². The molecule has 1 saturated heterocycles. The molecule has 1 fully saturated rings. The normalized spacial score (nSPS) is 16.5. The van der Waals surface area contributed by atoms with Crippen molar-refractivity contribution in [3.05, 3.63) is 65.7 Å². The summed E-state index contributed by atoms with van der Waals surface area (Å²) in [6, 6.07) is 17.9. The lowest BCUT2D eigenvalue weighted by molar-refractivity contribution is 0.114. The summed E-state index contributed by atoms with van der Waals surface area (Å²) >= 11 is 5.21. The molecule has 26 heavy (non-hydrogen) atoms. The lowest BCUT2D eigenvalue weighted by atomic mass is 10.2. The van der Waals surface area contributed by atoms with Crippen LogP contribution in [0.15, 0.2) is 59.7 Å². The highest BCUT2D eigenvalue weighted by Crippen LogP contribution is 2.14. The average Bonchev–Trinajstić information content (AvgIpc) is 3.20. The first-order valence-corrected chi connectivity index (χ1v) is 9.16. The van der Waals surface area contributed by atoms with Gasteiger partial charge < -0.3 is 14.8 Å². The van der Waals surface area contributed by atoms with Gasteiger partial charge in [0.05, 0.1) is 12.3 Å². The van der Waals surface area contributed by atoms with Crippen molar-refractivity contribution >= 4 is 23.5 Å². The molecule has 0 aliphatic carbocycles. The van der Waals surface area contributed by atoms with Gasteiger partial charge in [0.1, 0.15) is 12.4 Å². The maximum Gasteiger partial charge on any atom is 0.187 e. The van der Waals surface area contributed by atoms with E-state index in [9.17, 15) is 0 Å². The quantitative estimate of drug-likeness (QED) is 0.446. The summed E-state index contributed by atoms with van der Waals surface area (Å²) in [5.74, 6) is 0.803. The maximum absolute atomic E-state index is 5.82. The van der Waals surface area contributed by atoms with Gasteiger partial charge in [-0.15, -0.1) is 0 Å². The van der Waals surface area contributed by atoms with E-state index in [4.69, 9.17) is 21.7 Å². The molecule has 0 unspecified atom stereocenters. The van der Waals surface area contributed by atoms with Crippen molar-refractivity contribution in [1.29, 1.82) is 0 Å². The standard InChI is InChI=1S/C20H23N3O2S/c26-20(21-14-19-10-5-11-24-19)23-22-13-17-8-4-9-18(12-17)25-15-16-6-2-1-3-7-16/h1-4,6-9,12-13,19H,5,10-11,14-15H2,(H2,21,23,26)/b22-13-/t19-/m0/s1. The molecule has 2 aromatic rings. The summed E-state index contributed by atoms with van der Waals surface area (Å²) in [7, 11) is 0. The van der Waals surface area contributed by atoms with Crippen LogP contribution in [0.4, 0.5) is 0 Å². The molecule has 2 N–H and O–H groups in total. The van der Waals surface area contributed by atoms with E-state index in [0.717, 1.165) is 36.3 Å². The Bertz CT molecular complexity index is 731. The minimum atomic E-state index is 0.247. The number of hydrazone groups is 1. The van der Waals surface area contributed by atoms with Crippen LogP contribution in [0.3, 0.4) is 0 Å². The fourth-order valence-electron chi connectivity index (χ4n) is 2.64. The lowest BCUT2D eigenvalue weighted by Gasteiger charge is -2.11. The summed E-state index contributed by atoms with van der Waals surface area (Å²) in [4.78, 5) is 0. The van der Waals surface area contributed by atoms with Crippen LogP contribution in [0.25, 0.3) is 0 Å². The van der Waals surface area contributed by atoms with Gasteiger partial charge in [-0.05, 0) is 48.3 Å². The van der Waals surface area contributed by atoms with Gasteiger partial charge in [0.25, 0.3) is 0 Å². The van der Waals surface area contributed by atoms with Crippen LogP contribution >= 0.6 is 12.2 Å². The number of rotatable bonds is 7. The minimum Gasteiger partial charge on any atom is -0.489 e. The summed E-state index contributed by atoms with van der Waals surface area (Å²) in [5, 5.41) is 7.78. The fourth-order valence-corrected chi connectivity index (χ4v) is 2.78. The summed E-state index contributed by atoms with van der Waals surface area (Å²) in [6.45, 7) is 2.09. The Morgan fingerprint density at radius 1 is 1.23 bits per heavy atom. The van der Waals surface area contributed by atoms with E-state index in [1.54, 1.807) is 6.21 Å². The van der Waals surface area contributed by atoms with Crippen LogP contribution in [-0.2, 0) is 11.3 Å². The lowest BCUT2D eigenvalue weighted by Crippen LogP contribution is -2.37. The van der Waals surface area contributed by atoms with Gasteiger partial charge in [0.15, 0.2) is 5.11 Å². The van der Waals surface area contributed by atoms with Crippen molar-refractivity contribution in [2.45, 2.75) is 25.6 Å². The molecule has 0 aromatic heterocycles. The number of nitrogens with one attached hydrogen (secondary N) is 2. The first-order chi connectivity index (χ1) is 12.8. The first-order valence-electron chi connectivity index (χ1n) is 8.75. The van der Waals surface area contributed by atoms with Gasteiger partial charge >= 0.3 is 0 Å². The second kappa shape index (κ2) is 9.89. The van der Waals surface area contributed by atoms with E-state index < -0.39 is 0 Å². The Hall–Kier alpha value is -2.44. The highest BCUT2D eigenvalue weighted by atomic mass is 32.1. The molecule has 1 atom stereocenters. The zero-order valence-corrected chi connectivity index (χ0v) is 15.4. The maximum atomic E-state index is 5.82. The zero-order valence-electron chi connectivity index (χ0n) is 14.6. The molecule has 1 heterocycles. The van der Waals surface area contributed by atoms with Gasteiger partial charge in [0, 0.05) is 13.2 Å². The Balaban J connectivity index is 1.43. The van der Waals surface area contributed by atoms with Crippen LogP contribution in [0.5, 0.6) is 5.75 Å². The van der Waals surface area contributed by atoms with E-state index in [-0.39, 0.29) is 6.10 Å². The van der Waals surface area contributed by atoms with Crippen molar-refractivity contribution in [3.8, 4) is 5.75 Å². The van der Waals surface area contributed by atoms with Gasteiger partial charge in [-0.25, -0.2) is 0 Å². The van der Waals surface area contributed by atoms with Crippen LogP contribution in [0, 0.1) is 0 Å². The van der Waals surface area contributed by atoms with E-state index >= 15 is 0 Å². The highest BCUT2D eigenvalue weighted by molar-refractivity contribution is 7.80. The summed E-state index contributed by atoms with van der Waals surface area (Å²) in [6.07, 6.45) is 4.16. The SMILES string of the molecule is S=C(NC[C@@H]1CCCO1)N/N=C\c1cccc(OCc2ccccc2)c1. The topological polar surface area (TPSA) is 54.9 Å². The molecule has 0 radical (unpaired) electrons. The Morgan fingerprint density at radius 2 is 2.12 bits per heavy atom. The Morgan fingerprint density at radius 3 is 2.92 bits per heavy atom. The predicted octanol–water partition coefficient (Wildman–Crippen LogP) is 3.24. The van der Waals surface area contributed by atoms with Gasteiger partial charge in [0.2, 0.25) is 0 Å². The second-order valence-electron chi connectivity index (χ2n) is 6.06. The molecule has 0 spiro atoms. The number of thiocarbonyl (C=S) groups is 1. The zero-order chi connectivity index (χ0) is 18.0. The monoisotopic (exact) mass is 369 g/mol. The molecule has 0 amide bonds. The van der Waals surface area contributed by atoms with Gasteiger partial charge in [-0.2, -0.15) is 5.10 Å². The van der Waals surface area contributed by atoms with Crippen molar-refractivity contribution < 1.29 is 9.47 Å². The van der Waals surface area contributed by atoms with E-state index in [1.807, 2.05) is 54.6 Å². The fraction of sp³-hybridized carbons (Fsp3) is 0.300. The first kappa shape index (κ1) is 18.4. The molecule has 0 saturated carbocycles. The smallest absolute Gasteiger partial charge is 0.187 e. The minimum absolute atomic E-state index is 0.247. The largest absolute Gasteiger partial charge is 0.489 e. The molecule has 2 aromatic carbocycles. The molecule has 1 aliphatic rings. The van der Waals surface area contributed by atoms with Crippen LogP contribution in [0.1, 0.15) is 24.0 Å². The Labute approximate surface area is 159 Å². The number of hydrogen-bond donors (Lipinski definition) is 2. The average molecular weight is 369 g/mol. The number of ether oxygens (including phenoxy) is 2. The molecule has 5 nitrogen and oxygen atoms in total. The Kier molecular flexibility index (Phi) is 6.98. The molecule has 1 aliphatic heterocycles. The van der Waals surface area contributed by atoms with Crippen molar-refractivity contribution in [2.75, 3.05) is 13.2 Å². The van der Waals surface area contributed by atoms with Crippen LogP contribution in [0.2, 0.25) is 0 Å². The molecule has 0 bridgehead atoms. The molecular weight excluding hydrogens is 346 g/mol. The van der Waals surface area contributed by atoms with Gasteiger partial charge in [-0.3, -0.25) is 5.43 Å². The summed E-state index contributed by atoms with van der Waals surface area (Å²) in [5.41, 5.74) is 4.90. The third-order valence-corrected chi connectivity index (χ3v) is 4.24. The van der Waals surface area contributed by atoms with Crippen LogP contribution < -0.4 is 15.5 Å². The number of benzene rings is 2. The number of nitrogens with zero attached hydrogens (tertiary/aromatic N) is 1. The van der Waals surface area contributed by atoms with Crippen molar-refractivity contribution in [3.63, 3.8) is 0 Å². The molecular formula is C20H23N3O2S. The van der Waals surface area contributed by atoms with Crippen molar-refractivity contribution in [1.82, 2.24) is 10.7 Å².